The molecule has 2 N–H and O–H groups in total. The first-order valence-electron chi connectivity index (χ1n) is 7.31. The van der Waals surface area contributed by atoms with Crippen LogP contribution in [-0.4, -0.2) is 34.2 Å². The molecule has 1 atom stereocenters. The fourth-order valence-electron chi connectivity index (χ4n) is 2.95. The summed E-state index contributed by atoms with van der Waals surface area (Å²) in [7, 11) is 0. The first-order chi connectivity index (χ1) is 9.56. The van der Waals surface area contributed by atoms with E-state index in [1.807, 2.05) is 18.2 Å². The highest BCUT2D eigenvalue weighted by Gasteiger charge is 2.23. The Morgan fingerprint density at radius 2 is 2.10 bits per heavy atom. The van der Waals surface area contributed by atoms with Gasteiger partial charge in [-0.1, -0.05) is 12.1 Å². The molecule has 4 heteroatoms. The van der Waals surface area contributed by atoms with Gasteiger partial charge in [-0.3, -0.25) is 9.69 Å². The number of hydrogen-bond acceptors (Lipinski definition) is 3. The number of carbonyl (C=O) groups is 1. The molecule has 2 rings (SSSR count). The molecule has 1 aliphatic rings. The van der Waals surface area contributed by atoms with Gasteiger partial charge in [0.05, 0.1) is 0 Å². The van der Waals surface area contributed by atoms with E-state index in [1.54, 1.807) is 6.07 Å². The molecular weight excluding hydrogens is 254 g/mol. The number of piperidine rings is 1. The maximum atomic E-state index is 10.6. The molecule has 0 bridgehead atoms. The van der Waals surface area contributed by atoms with Crippen molar-refractivity contribution in [2.75, 3.05) is 13.1 Å². The van der Waals surface area contributed by atoms with E-state index in [-0.39, 0.29) is 6.42 Å². The molecule has 110 valence electrons. The van der Waals surface area contributed by atoms with E-state index in [9.17, 15) is 9.90 Å². The van der Waals surface area contributed by atoms with Gasteiger partial charge in [0.25, 0.3) is 0 Å². The molecule has 20 heavy (non-hydrogen) atoms. The molecule has 1 aromatic rings. The van der Waals surface area contributed by atoms with Gasteiger partial charge < -0.3 is 10.2 Å². The molecule has 0 aliphatic carbocycles. The van der Waals surface area contributed by atoms with Crippen molar-refractivity contribution >= 4 is 5.97 Å². The van der Waals surface area contributed by atoms with E-state index in [0.29, 0.717) is 17.7 Å². The molecular formula is C16H23NO3. The molecule has 0 aromatic heterocycles. The Hall–Kier alpha value is -1.55. The van der Waals surface area contributed by atoms with Crippen molar-refractivity contribution in [1.82, 2.24) is 4.90 Å². The Morgan fingerprint density at radius 1 is 1.40 bits per heavy atom. The van der Waals surface area contributed by atoms with Gasteiger partial charge in [-0.15, -0.1) is 0 Å². The van der Waals surface area contributed by atoms with Gasteiger partial charge in [0.15, 0.2) is 0 Å². The second-order valence-corrected chi connectivity index (χ2v) is 5.68. The number of rotatable bonds is 5. The molecule has 1 heterocycles. The number of nitrogens with zero attached hydrogens (tertiary/aromatic N) is 1. The lowest BCUT2D eigenvalue weighted by Crippen LogP contribution is -2.35. The first-order valence-corrected chi connectivity index (χ1v) is 7.31. The standard InChI is InChI=1S/C16H23NO3/c1-12(14-3-2-4-15(18)11-14)17-9-7-13(8-10-17)5-6-16(19)20/h2-4,11-13,18H,5-10H2,1H3,(H,19,20). The first kappa shape index (κ1) is 14.9. The summed E-state index contributed by atoms with van der Waals surface area (Å²) in [4.78, 5) is 13.0. The minimum absolute atomic E-state index is 0.285. The van der Waals surface area contributed by atoms with Crippen LogP contribution in [0.2, 0.25) is 0 Å². The summed E-state index contributed by atoms with van der Waals surface area (Å²) in [5.41, 5.74) is 1.13. The zero-order valence-electron chi connectivity index (χ0n) is 12.0. The molecule has 0 spiro atoms. The Kier molecular flexibility index (Phi) is 5.01. The predicted molar refractivity (Wildman–Crippen MR) is 77.7 cm³/mol. The summed E-state index contributed by atoms with van der Waals surface area (Å²) in [5.74, 6) is 0.157. The quantitative estimate of drug-likeness (QED) is 0.868. The molecule has 1 aromatic carbocycles. The van der Waals surface area contributed by atoms with E-state index in [2.05, 4.69) is 11.8 Å². The van der Waals surface area contributed by atoms with E-state index in [0.717, 1.165) is 37.9 Å². The molecule has 1 fully saturated rings. The molecule has 4 nitrogen and oxygen atoms in total. The zero-order chi connectivity index (χ0) is 14.5. The largest absolute Gasteiger partial charge is 0.508 e. The van der Waals surface area contributed by atoms with Gasteiger partial charge in [-0.25, -0.2) is 0 Å². The second-order valence-electron chi connectivity index (χ2n) is 5.68. The van der Waals surface area contributed by atoms with Crippen LogP contribution in [0, 0.1) is 5.92 Å². The third-order valence-electron chi connectivity index (χ3n) is 4.32. The van der Waals surface area contributed by atoms with Crippen molar-refractivity contribution in [3.05, 3.63) is 29.8 Å². The van der Waals surface area contributed by atoms with Gasteiger partial charge in [0, 0.05) is 12.5 Å². The molecule has 0 amide bonds. The molecule has 0 saturated carbocycles. The normalized spacial score (nSPS) is 18.9. The maximum Gasteiger partial charge on any atom is 0.303 e. The minimum Gasteiger partial charge on any atom is -0.508 e. The molecule has 1 unspecified atom stereocenters. The van der Waals surface area contributed by atoms with Crippen molar-refractivity contribution in [2.45, 2.75) is 38.6 Å². The van der Waals surface area contributed by atoms with Crippen LogP contribution in [0.25, 0.3) is 0 Å². The highest BCUT2D eigenvalue weighted by atomic mass is 16.4. The topological polar surface area (TPSA) is 60.8 Å². The Balaban J connectivity index is 1.85. The Bertz CT molecular complexity index is 453. The number of carboxylic acid groups (broad SMARTS) is 1. The third kappa shape index (κ3) is 3.97. The van der Waals surface area contributed by atoms with E-state index >= 15 is 0 Å². The van der Waals surface area contributed by atoms with E-state index in [4.69, 9.17) is 5.11 Å². The van der Waals surface area contributed by atoms with Gasteiger partial charge in [0.1, 0.15) is 5.75 Å². The smallest absolute Gasteiger partial charge is 0.303 e. The molecule has 0 radical (unpaired) electrons. The summed E-state index contributed by atoms with van der Waals surface area (Å²) >= 11 is 0. The van der Waals surface area contributed by atoms with Crippen LogP contribution in [0.4, 0.5) is 0 Å². The maximum absolute atomic E-state index is 10.6. The van der Waals surface area contributed by atoms with Crippen LogP contribution < -0.4 is 0 Å². The number of likely N-dealkylation sites (tertiary alicyclic amines) is 1. The summed E-state index contributed by atoms with van der Waals surface area (Å²) in [5, 5.41) is 18.3. The number of benzene rings is 1. The number of phenols is 1. The second kappa shape index (κ2) is 6.75. The average Bonchev–Trinajstić information content (AvgIpc) is 2.45. The molecule has 1 saturated heterocycles. The van der Waals surface area contributed by atoms with Crippen molar-refractivity contribution in [3.8, 4) is 5.75 Å². The van der Waals surface area contributed by atoms with Crippen molar-refractivity contribution in [2.24, 2.45) is 5.92 Å². The van der Waals surface area contributed by atoms with Crippen molar-refractivity contribution in [1.29, 1.82) is 0 Å². The zero-order valence-corrected chi connectivity index (χ0v) is 12.0. The number of aromatic hydroxyl groups is 1. The predicted octanol–water partition coefficient (Wildman–Crippen LogP) is 3.03. The fourth-order valence-corrected chi connectivity index (χ4v) is 2.95. The Labute approximate surface area is 120 Å². The van der Waals surface area contributed by atoms with E-state index in [1.165, 1.54) is 0 Å². The lowest BCUT2D eigenvalue weighted by molar-refractivity contribution is -0.137. The molecule has 1 aliphatic heterocycles. The van der Waals surface area contributed by atoms with Crippen LogP contribution in [0.15, 0.2) is 24.3 Å². The van der Waals surface area contributed by atoms with Crippen LogP contribution in [0.1, 0.15) is 44.2 Å². The van der Waals surface area contributed by atoms with Crippen LogP contribution in [0.3, 0.4) is 0 Å². The summed E-state index contributed by atoms with van der Waals surface area (Å²) in [6, 6.07) is 7.72. The van der Waals surface area contributed by atoms with Crippen LogP contribution >= 0.6 is 0 Å². The number of phenolic OH excluding ortho intramolecular Hbond substituents is 1. The minimum atomic E-state index is -0.694. The van der Waals surface area contributed by atoms with Gasteiger partial charge in [-0.05, 0) is 62.9 Å². The number of hydrogen-bond donors (Lipinski definition) is 2. The monoisotopic (exact) mass is 277 g/mol. The lowest BCUT2D eigenvalue weighted by Gasteiger charge is -2.36. The van der Waals surface area contributed by atoms with E-state index < -0.39 is 5.97 Å². The lowest BCUT2D eigenvalue weighted by atomic mass is 9.91. The Morgan fingerprint density at radius 3 is 2.70 bits per heavy atom. The van der Waals surface area contributed by atoms with Gasteiger partial charge in [-0.2, -0.15) is 0 Å². The van der Waals surface area contributed by atoms with Crippen LogP contribution in [0.5, 0.6) is 5.75 Å². The van der Waals surface area contributed by atoms with Gasteiger partial charge >= 0.3 is 5.97 Å². The summed E-state index contributed by atoms with van der Waals surface area (Å²) in [6.07, 6.45) is 3.21. The van der Waals surface area contributed by atoms with Crippen molar-refractivity contribution < 1.29 is 15.0 Å². The summed E-state index contributed by atoms with van der Waals surface area (Å²) in [6.45, 7) is 4.16. The third-order valence-corrected chi connectivity index (χ3v) is 4.32. The highest BCUT2D eigenvalue weighted by Crippen LogP contribution is 2.29. The van der Waals surface area contributed by atoms with Crippen molar-refractivity contribution in [3.63, 3.8) is 0 Å². The SMILES string of the molecule is CC(c1cccc(O)c1)N1CCC(CCC(=O)O)CC1. The number of carboxylic acids is 1. The number of aliphatic carboxylic acids is 1. The highest BCUT2D eigenvalue weighted by molar-refractivity contribution is 5.66. The van der Waals surface area contributed by atoms with Gasteiger partial charge in [0.2, 0.25) is 0 Å². The van der Waals surface area contributed by atoms with Crippen LogP contribution in [-0.2, 0) is 4.79 Å². The average molecular weight is 277 g/mol. The fraction of sp³-hybridized carbons (Fsp3) is 0.562. The summed E-state index contributed by atoms with van der Waals surface area (Å²) < 4.78 is 0.